The molecule has 0 radical (unpaired) electrons. The molecular weight excluding hydrogens is 278 g/mol. The Kier molecular flexibility index (Phi) is 5.57. The summed E-state index contributed by atoms with van der Waals surface area (Å²) in [6.07, 6.45) is 0.286. The zero-order valence-corrected chi connectivity index (χ0v) is 12.9. The SMILES string of the molecule is CC(CC(=O)OC(C)(C)C)c1cccc(/C(Cl)=N/O)c1. The minimum atomic E-state index is -0.481. The van der Waals surface area contributed by atoms with Crippen molar-refractivity contribution in [3.05, 3.63) is 35.4 Å². The third-order valence-corrected chi connectivity index (χ3v) is 2.97. The molecule has 20 heavy (non-hydrogen) atoms. The lowest BCUT2D eigenvalue weighted by Crippen LogP contribution is -2.24. The maximum Gasteiger partial charge on any atom is 0.306 e. The van der Waals surface area contributed by atoms with Gasteiger partial charge in [-0.1, -0.05) is 41.9 Å². The Balaban J connectivity index is 2.78. The van der Waals surface area contributed by atoms with Crippen molar-refractivity contribution in [1.29, 1.82) is 0 Å². The molecule has 5 heteroatoms. The van der Waals surface area contributed by atoms with E-state index in [4.69, 9.17) is 21.5 Å². The maximum absolute atomic E-state index is 11.8. The van der Waals surface area contributed by atoms with E-state index in [0.717, 1.165) is 5.56 Å². The van der Waals surface area contributed by atoms with Crippen LogP contribution >= 0.6 is 11.6 Å². The summed E-state index contributed by atoms with van der Waals surface area (Å²) in [6.45, 7) is 7.46. The zero-order chi connectivity index (χ0) is 15.3. The molecule has 0 bridgehead atoms. The van der Waals surface area contributed by atoms with Gasteiger partial charge >= 0.3 is 5.97 Å². The van der Waals surface area contributed by atoms with Gasteiger partial charge in [0.05, 0.1) is 6.42 Å². The molecule has 4 nitrogen and oxygen atoms in total. The lowest BCUT2D eigenvalue weighted by atomic mass is 9.96. The number of carbonyl (C=O) groups excluding carboxylic acids is 1. The van der Waals surface area contributed by atoms with Gasteiger partial charge in [-0.25, -0.2) is 0 Å². The third kappa shape index (κ3) is 5.21. The molecule has 1 atom stereocenters. The van der Waals surface area contributed by atoms with Gasteiger partial charge in [0.15, 0.2) is 5.17 Å². The molecule has 0 heterocycles. The number of hydrogen-bond donors (Lipinski definition) is 1. The van der Waals surface area contributed by atoms with Crippen LogP contribution in [0.15, 0.2) is 29.4 Å². The Bertz CT molecular complexity index is 506. The topological polar surface area (TPSA) is 58.9 Å². The molecule has 0 spiro atoms. The second-order valence-corrected chi connectivity index (χ2v) is 6.07. The first-order valence-electron chi connectivity index (χ1n) is 6.42. The first kappa shape index (κ1) is 16.5. The Hall–Kier alpha value is -1.55. The van der Waals surface area contributed by atoms with E-state index < -0.39 is 5.60 Å². The fourth-order valence-corrected chi connectivity index (χ4v) is 1.90. The van der Waals surface area contributed by atoms with Crippen molar-refractivity contribution in [2.75, 3.05) is 0 Å². The van der Waals surface area contributed by atoms with Crippen LogP contribution < -0.4 is 0 Å². The highest BCUT2D eigenvalue weighted by molar-refractivity contribution is 6.69. The standard InChI is InChI=1S/C15H20ClNO3/c1-10(8-13(18)20-15(2,3)4)11-6-5-7-12(9-11)14(16)17-19/h5-7,9-10,19H,8H2,1-4H3/b17-14-. The van der Waals surface area contributed by atoms with Crippen LogP contribution in [0, 0.1) is 0 Å². The molecule has 0 aliphatic carbocycles. The summed E-state index contributed by atoms with van der Waals surface area (Å²) < 4.78 is 5.30. The van der Waals surface area contributed by atoms with E-state index in [1.165, 1.54) is 0 Å². The molecule has 0 aromatic heterocycles. The van der Waals surface area contributed by atoms with Crippen molar-refractivity contribution < 1.29 is 14.7 Å². The van der Waals surface area contributed by atoms with Crippen molar-refractivity contribution in [3.8, 4) is 0 Å². The first-order chi connectivity index (χ1) is 9.23. The van der Waals surface area contributed by atoms with E-state index in [1.54, 1.807) is 12.1 Å². The summed E-state index contributed by atoms with van der Waals surface area (Å²) in [7, 11) is 0. The number of carbonyl (C=O) groups is 1. The van der Waals surface area contributed by atoms with Crippen molar-refractivity contribution in [2.45, 2.75) is 45.6 Å². The smallest absolute Gasteiger partial charge is 0.306 e. The molecule has 1 aromatic carbocycles. The lowest BCUT2D eigenvalue weighted by Gasteiger charge is -2.21. The van der Waals surface area contributed by atoms with Crippen LogP contribution in [0.3, 0.4) is 0 Å². The van der Waals surface area contributed by atoms with Gasteiger partial charge in [0.25, 0.3) is 0 Å². The monoisotopic (exact) mass is 297 g/mol. The number of hydrogen-bond acceptors (Lipinski definition) is 4. The first-order valence-corrected chi connectivity index (χ1v) is 6.80. The highest BCUT2D eigenvalue weighted by Gasteiger charge is 2.19. The number of benzene rings is 1. The predicted molar refractivity (Wildman–Crippen MR) is 79.5 cm³/mol. The molecule has 0 fully saturated rings. The van der Waals surface area contributed by atoms with Gasteiger partial charge in [0.1, 0.15) is 5.60 Å². The van der Waals surface area contributed by atoms with E-state index in [-0.39, 0.29) is 23.5 Å². The van der Waals surface area contributed by atoms with E-state index in [0.29, 0.717) is 5.56 Å². The lowest BCUT2D eigenvalue weighted by molar-refractivity contribution is -0.155. The largest absolute Gasteiger partial charge is 0.460 e. The molecule has 1 aromatic rings. The van der Waals surface area contributed by atoms with Gasteiger partial charge in [-0.3, -0.25) is 4.79 Å². The second kappa shape index (κ2) is 6.75. The molecule has 0 saturated carbocycles. The molecule has 0 aliphatic rings. The summed E-state index contributed by atoms with van der Waals surface area (Å²) in [6, 6.07) is 7.26. The highest BCUT2D eigenvalue weighted by Crippen LogP contribution is 2.22. The molecule has 0 saturated heterocycles. The average molecular weight is 298 g/mol. The van der Waals surface area contributed by atoms with Crippen LogP contribution in [0.1, 0.15) is 51.2 Å². The molecular formula is C15H20ClNO3. The Labute approximate surface area is 124 Å². The van der Waals surface area contributed by atoms with Gasteiger partial charge < -0.3 is 9.94 Å². The Morgan fingerprint density at radius 2 is 2.10 bits per heavy atom. The molecule has 1 N–H and O–H groups in total. The van der Waals surface area contributed by atoms with Crippen LogP contribution in [0.2, 0.25) is 0 Å². The number of nitrogens with zero attached hydrogens (tertiary/aromatic N) is 1. The van der Waals surface area contributed by atoms with Crippen molar-refractivity contribution in [2.24, 2.45) is 5.16 Å². The van der Waals surface area contributed by atoms with E-state index in [2.05, 4.69) is 5.16 Å². The Morgan fingerprint density at radius 1 is 1.45 bits per heavy atom. The van der Waals surface area contributed by atoms with Crippen LogP contribution in [0.25, 0.3) is 0 Å². The van der Waals surface area contributed by atoms with Gasteiger partial charge in [-0.2, -0.15) is 0 Å². The third-order valence-electron chi connectivity index (χ3n) is 2.67. The van der Waals surface area contributed by atoms with Crippen LogP contribution in [0.4, 0.5) is 0 Å². The van der Waals surface area contributed by atoms with E-state index in [1.807, 2.05) is 39.8 Å². The molecule has 0 aliphatic heterocycles. The average Bonchev–Trinajstić information content (AvgIpc) is 2.35. The number of oxime groups is 1. The quantitative estimate of drug-likeness (QED) is 0.397. The van der Waals surface area contributed by atoms with Crippen LogP contribution in [0.5, 0.6) is 0 Å². The molecule has 1 unspecified atom stereocenters. The van der Waals surface area contributed by atoms with Gasteiger partial charge in [-0.15, -0.1) is 0 Å². The van der Waals surface area contributed by atoms with Gasteiger partial charge in [-0.05, 0) is 38.3 Å². The zero-order valence-electron chi connectivity index (χ0n) is 12.2. The molecule has 110 valence electrons. The summed E-state index contributed by atoms with van der Waals surface area (Å²) in [4.78, 5) is 11.8. The minimum absolute atomic E-state index is 0.00652. The van der Waals surface area contributed by atoms with Crippen LogP contribution in [-0.4, -0.2) is 21.9 Å². The van der Waals surface area contributed by atoms with E-state index in [9.17, 15) is 4.79 Å². The highest BCUT2D eigenvalue weighted by atomic mass is 35.5. The second-order valence-electron chi connectivity index (χ2n) is 5.71. The number of halogens is 1. The van der Waals surface area contributed by atoms with Gasteiger partial charge in [0, 0.05) is 5.56 Å². The minimum Gasteiger partial charge on any atom is -0.460 e. The predicted octanol–water partition coefficient (Wildman–Crippen LogP) is 3.90. The normalized spacial score (nSPS) is 13.9. The maximum atomic E-state index is 11.8. The summed E-state index contributed by atoms with van der Waals surface area (Å²) >= 11 is 5.77. The fraction of sp³-hybridized carbons (Fsp3) is 0.467. The summed E-state index contributed by atoms with van der Waals surface area (Å²) in [5, 5.41) is 11.7. The van der Waals surface area contributed by atoms with Crippen LogP contribution in [-0.2, 0) is 9.53 Å². The fourth-order valence-electron chi connectivity index (χ4n) is 1.78. The number of esters is 1. The summed E-state index contributed by atoms with van der Waals surface area (Å²) in [5.74, 6) is -0.245. The number of ether oxygens (including phenoxy) is 1. The van der Waals surface area contributed by atoms with Crippen molar-refractivity contribution in [3.63, 3.8) is 0 Å². The number of rotatable bonds is 4. The van der Waals surface area contributed by atoms with Crippen molar-refractivity contribution in [1.82, 2.24) is 0 Å². The Morgan fingerprint density at radius 3 is 2.65 bits per heavy atom. The van der Waals surface area contributed by atoms with Gasteiger partial charge in [0.2, 0.25) is 0 Å². The molecule has 1 rings (SSSR count). The van der Waals surface area contributed by atoms with Crippen molar-refractivity contribution >= 4 is 22.7 Å². The molecule has 0 amide bonds. The summed E-state index contributed by atoms with van der Waals surface area (Å²) in [5.41, 5.74) is 1.07. The van der Waals surface area contributed by atoms with E-state index >= 15 is 0 Å².